The fourth-order valence-corrected chi connectivity index (χ4v) is 1.05. The average molecular weight is 195 g/mol. The van der Waals surface area contributed by atoms with Crippen molar-refractivity contribution in [1.29, 1.82) is 0 Å². The third-order valence-corrected chi connectivity index (χ3v) is 1.72. The summed E-state index contributed by atoms with van der Waals surface area (Å²) in [7, 11) is 1.65. The van der Waals surface area contributed by atoms with E-state index in [1.165, 1.54) is 10.7 Å². The summed E-state index contributed by atoms with van der Waals surface area (Å²) in [4.78, 5) is 11.1. The summed E-state index contributed by atoms with van der Waals surface area (Å²) in [6.07, 6.45) is 0. The lowest BCUT2D eigenvalue weighted by atomic mass is 10.4. The molecule has 0 radical (unpaired) electrons. The van der Waals surface area contributed by atoms with Crippen molar-refractivity contribution in [3.63, 3.8) is 0 Å². The van der Waals surface area contributed by atoms with Gasteiger partial charge in [0, 0.05) is 13.1 Å². The molecule has 2 aromatic heterocycles. The van der Waals surface area contributed by atoms with E-state index < -0.39 is 0 Å². The molecule has 0 aliphatic carbocycles. The molecule has 0 saturated carbocycles. The zero-order valence-electron chi connectivity index (χ0n) is 7.48. The van der Waals surface area contributed by atoms with Gasteiger partial charge >= 0.3 is 0 Å². The fourth-order valence-electron chi connectivity index (χ4n) is 1.05. The molecule has 8 heteroatoms. The zero-order valence-corrected chi connectivity index (χ0v) is 7.48. The Balaban J connectivity index is 2.02. The van der Waals surface area contributed by atoms with Crippen molar-refractivity contribution >= 4 is 5.95 Å². The fraction of sp³-hybridized carbons (Fsp3) is 0.333. The molecule has 0 aliphatic rings. The second-order valence-electron chi connectivity index (χ2n) is 2.77. The number of hydrogen-bond acceptors (Lipinski definition) is 5. The van der Waals surface area contributed by atoms with Gasteiger partial charge in [-0.15, -0.1) is 5.10 Å². The summed E-state index contributed by atoms with van der Waals surface area (Å²) in [5, 5.41) is 18.8. The van der Waals surface area contributed by atoms with Gasteiger partial charge in [-0.1, -0.05) is 5.10 Å². The maximum absolute atomic E-state index is 11.1. The van der Waals surface area contributed by atoms with Gasteiger partial charge in [-0.3, -0.25) is 14.6 Å². The second kappa shape index (κ2) is 3.32. The minimum atomic E-state index is -0.0742. The Morgan fingerprint density at radius 1 is 1.64 bits per heavy atom. The van der Waals surface area contributed by atoms with Crippen molar-refractivity contribution in [1.82, 2.24) is 30.4 Å². The van der Waals surface area contributed by atoms with Gasteiger partial charge in [-0.25, -0.2) is 0 Å². The van der Waals surface area contributed by atoms with Crippen LogP contribution in [0.25, 0.3) is 0 Å². The summed E-state index contributed by atoms with van der Waals surface area (Å²) in [5.41, 5.74) is 0.692. The standard InChI is InChI=1S/C6H9N7O/c1-13-5(14)2-4(10-13)3-7-6-8-11-12-9-6/h2,10H,3H2,1H3,(H2,7,8,9,11,12). The van der Waals surface area contributed by atoms with Crippen LogP contribution in [0.5, 0.6) is 0 Å². The number of H-pyrrole nitrogens is 2. The summed E-state index contributed by atoms with van der Waals surface area (Å²) in [6.45, 7) is 0.454. The first kappa shape index (κ1) is 8.48. The summed E-state index contributed by atoms with van der Waals surface area (Å²) in [6, 6.07) is 1.51. The molecule has 2 aromatic rings. The van der Waals surface area contributed by atoms with E-state index in [4.69, 9.17) is 0 Å². The molecule has 0 aromatic carbocycles. The average Bonchev–Trinajstić information content (AvgIpc) is 2.74. The van der Waals surface area contributed by atoms with E-state index in [2.05, 4.69) is 31.0 Å². The number of aromatic nitrogens is 6. The first-order chi connectivity index (χ1) is 6.75. The number of aryl methyl sites for hydroxylation is 1. The molecule has 0 unspecified atom stereocenters. The molecular formula is C6H9N7O. The number of aromatic amines is 2. The Morgan fingerprint density at radius 2 is 2.50 bits per heavy atom. The van der Waals surface area contributed by atoms with Crippen molar-refractivity contribution in [3.05, 3.63) is 22.1 Å². The van der Waals surface area contributed by atoms with Crippen LogP contribution in [-0.4, -0.2) is 30.4 Å². The van der Waals surface area contributed by atoms with Gasteiger partial charge in [0.1, 0.15) is 0 Å². The zero-order chi connectivity index (χ0) is 9.97. The second-order valence-corrected chi connectivity index (χ2v) is 2.77. The number of nitrogens with one attached hydrogen (secondary N) is 3. The Labute approximate surface area is 78.3 Å². The lowest BCUT2D eigenvalue weighted by molar-refractivity contribution is 0.723. The molecule has 3 N–H and O–H groups in total. The van der Waals surface area contributed by atoms with E-state index in [9.17, 15) is 4.79 Å². The van der Waals surface area contributed by atoms with Gasteiger partial charge in [0.25, 0.3) is 11.5 Å². The van der Waals surface area contributed by atoms with Crippen LogP contribution in [0.3, 0.4) is 0 Å². The molecule has 74 valence electrons. The molecule has 0 saturated heterocycles. The number of nitrogens with zero attached hydrogens (tertiary/aromatic N) is 4. The van der Waals surface area contributed by atoms with Crippen LogP contribution in [0.2, 0.25) is 0 Å². The highest BCUT2D eigenvalue weighted by Crippen LogP contribution is 1.95. The molecule has 0 aliphatic heterocycles. The number of hydrogen-bond donors (Lipinski definition) is 3. The van der Waals surface area contributed by atoms with E-state index in [1.807, 2.05) is 0 Å². The third kappa shape index (κ3) is 1.63. The van der Waals surface area contributed by atoms with Crippen molar-refractivity contribution in [2.24, 2.45) is 7.05 Å². The Bertz CT molecular complexity index is 453. The monoisotopic (exact) mass is 195 g/mol. The van der Waals surface area contributed by atoms with E-state index in [0.29, 0.717) is 12.5 Å². The van der Waals surface area contributed by atoms with Crippen LogP contribution >= 0.6 is 0 Å². The highest BCUT2D eigenvalue weighted by Gasteiger charge is 2.00. The van der Waals surface area contributed by atoms with Crippen LogP contribution in [0, 0.1) is 0 Å². The van der Waals surface area contributed by atoms with Gasteiger partial charge in [0.15, 0.2) is 0 Å². The van der Waals surface area contributed by atoms with Gasteiger partial charge in [0.2, 0.25) is 0 Å². The number of tetrazole rings is 1. The minimum Gasteiger partial charge on any atom is -0.346 e. The SMILES string of the molecule is Cn1[nH]c(CNc2nn[nH]n2)cc1=O. The number of anilines is 1. The van der Waals surface area contributed by atoms with E-state index in [1.54, 1.807) is 7.05 Å². The molecule has 0 atom stereocenters. The summed E-state index contributed by atoms with van der Waals surface area (Å²) in [5.74, 6) is 0.398. The molecule has 14 heavy (non-hydrogen) atoms. The Kier molecular flexibility index (Phi) is 2.01. The molecule has 0 spiro atoms. The van der Waals surface area contributed by atoms with Crippen LogP contribution in [0.4, 0.5) is 5.95 Å². The summed E-state index contributed by atoms with van der Waals surface area (Å²) < 4.78 is 1.40. The third-order valence-electron chi connectivity index (χ3n) is 1.72. The molecule has 2 heterocycles. The molecule has 0 amide bonds. The smallest absolute Gasteiger partial charge is 0.266 e. The number of rotatable bonds is 3. The van der Waals surface area contributed by atoms with Gasteiger partial charge in [-0.05, 0) is 5.21 Å². The first-order valence-corrected chi connectivity index (χ1v) is 3.98. The molecule has 2 rings (SSSR count). The largest absolute Gasteiger partial charge is 0.346 e. The van der Waals surface area contributed by atoms with E-state index in [0.717, 1.165) is 5.69 Å². The van der Waals surface area contributed by atoms with Crippen molar-refractivity contribution in [2.45, 2.75) is 6.54 Å². The topological polar surface area (TPSA) is 104 Å². The quantitative estimate of drug-likeness (QED) is 0.573. The van der Waals surface area contributed by atoms with Crippen molar-refractivity contribution in [2.75, 3.05) is 5.32 Å². The lowest BCUT2D eigenvalue weighted by Crippen LogP contribution is -2.09. The van der Waals surface area contributed by atoms with Crippen LogP contribution in [0.15, 0.2) is 10.9 Å². The normalized spacial score (nSPS) is 10.4. The molecule has 0 bridgehead atoms. The highest BCUT2D eigenvalue weighted by atomic mass is 16.1. The predicted molar refractivity (Wildman–Crippen MR) is 47.5 cm³/mol. The first-order valence-electron chi connectivity index (χ1n) is 3.98. The maximum atomic E-state index is 11.1. The van der Waals surface area contributed by atoms with Crippen LogP contribution < -0.4 is 10.9 Å². The summed E-state index contributed by atoms with van der Waals surface area (Å²) >= 11 is 0. The predicted octanol–water partition coefficient (Wildman–Crippen LogP) is -1.16. The Hall–Kier alpha value is -2.12. The molecular weight excluding hydrogens is 186 g/mol. The minimum absolute atomic E-state index is 0.0742. The van der Waals surface area contributed by atoms with Crippen LogP contribution in [-0.2, 0) is 13.6 Å². The maximum Gasteiger partial charge on any atom is 0.266 e. The molecule has 8 nitrogen and oxygen atoms in total. The molecule has 0 fully saturated rings. The highest BCUT2D eigenvalue weighted by molar-refractivity contribution is 5.20. The van der Waals surface area contributed by atoms with Gasteiger partial charge < -0.3 is 5.32 Å². The Morgan fingerprint density at radius 3 is 3.07 bits per heavy atom. The van der Waals surface area contributed by atoms with Crippen LogP contribution in [0.1, 0.15) is 5.69 Å². The van der Waals surface area contributed by atoms with Crippen molar-refractivity contribution < 1.29 is 0 Å². The van der Waals surface area contributed by atoms with E-state index in [-0.39, 0.29) is 5.56 Å². The van der Waals surface area contributed by atoms with Crippen molar-refractivity contribution in [3.8, 4) is 0 Å². The van der Waals surface area contributed by atoms with Gasteiger partial charge in [0.05, 0.1) is 12.2 Å². The lowest BCUT2D eigenvalue weighted by Gasteiger charge is -1.96. The van der Waals surface area contributed by atoms with E-state index >= 15 is 0 Å². The van der Waals surface area contributed by atoms with Gasteiger partial charge in [-0.2, -0.15) is 5.21 Å².